The molecule has 0 aromatic heterocycles. The van der Waals surface area contributed by atoms with Gasteiger partial charge in [0, 0.05) is 48.7 Å². The van der Waals surface area contributed by atoms with Crippen molar-refractivity contribution in [2.24, 2.45) is 5.92 Å². The van der Waals surface area contributed by atoms with Gasteiger partial charge in [-0.05, 0) is 82.3 Å². The van der Waals surface area contributed by atoms with Crippen molar-refractivity contribution in [2.45, 2.75) is 75.4 Å². The number of nitrogens with one attached hydrogen (secondary N) is 3. The highest BCUT2D eigenvalue weighted by atomic mass is 35.5. The van der Waals surface area contributed by atoms with Gasteiger partial charge in [0.1, 0.15) is 12.1 Å². The number of thiocarbonyl (C=S) groups is 1. The Balaban J connectivity index is 1.55. The fraction of sp³-hybridized carbons (Fsp3) is 0.630. The lowest BCUT2D eigenvalue weighted by Crippen LogP contribution is -2.51. The number of sulfonamides is 1. The van der Waals surface area contributed by atoms with Crippen LogP contribution in [0.2, 0.25) is 10.0 Å². The lowest BCUT2D eigenvalue weighted by Gasteiger charge is -2.32. The average Bonchev–Trinajstić information content (AvgIpc) is 3.44. The summed E-state index contributed by atoms with van der Waals surface area (Å²) in [7, 11) is -2.89. The Hall–Kier alpha value is -2.19. The molecule has 0 saturated carbocycles. The molecule has 0 unspecified atom stereocenters. The second-order valence-electron chi connectivity index (χ2n) is 10.8. The van der Waals surface area contributed by atoms with Crippen molar-refractivity contribution in [1.82, 2.24) is 25.2 Å². The van der Waals surface area contributed by atoms with Gasteiger partial charge in [-0.1, -0.05) is 23.2 Å². The molecule has 2 fully saturated rings. The predicted octanol–water partition coefficient (Wildman–Crippen LogP) is 2.70. The minimum atomic E-state index is -4.09. The highest BCUT2D eigenvalue weighted by Crippen LogP contribution is 2.30. The van der Waals surface area contributed by atoms with E-state index in [9.17, 15) is 22.8 Å². The van der Waals surface area contributed by atoms with Crippen molar-refractivity contribution in [3.05, 3.63) is 28.2 Å². The SMILES string of the molecule is COC(=O)[C@H](CCC(=O)N1CCC(CNC(=S)NC(C)C)CC1)NC(=O)[C@@H]1CCCN1S(=O)(=O)c1cc(Cl)cc(Cl)c1. The number of carbonyl (C=O) groups is 3. The number of carbonyl (C=O) groups excluding carboxylic acids is 3. The van der Waals surface area contributed by atoms with Crippen molar-refractivity contribution in [3.63, 3.8) is 0 Å². The Bertz CT molecular complexity index is 1240. The van der Waals surface area contributed by atoms with Crippen molar-refractivity contribution in [1.29, 1.82) is 0 Å². The number of rotatable bonds is 11. The molecular weight excluding hydrogens is 625 g/mol. The zero-order valence-electron chi connectivity index (χ0n) is 24.0. The lowest BCUT2D eigenvalue weighted by atomic mass is 9.96. The van der Waals surface area contributed by atoms with Crippen LogP contribution < -0.4 is 16.0 Å². The number of benzene rings is 1. The number of esters is 1. The van der Waals surface area contributed by atoms with E-state index in [1.165, 1.54) is 25.3 Å². The minimum Gasteiger partial charge on any atom is -0.467 e. The van der Waals surface area contributed by atoms with E-state index in [1.54, 1.807) is 4.90 Å². The molecule has 42 heavy (non-hydrogen) atoms. The van der Waals surface area contributed by atoms with Gasteiger partial charge in [0.15, 0.2) is 5.11 Å². The number of amides is 2. The summed E-state index contributed by atoms with van der Waals surface area (Å²) >= 11 is 17.3. The Morgan fingerprint density at radius 1 is 1.05 bits per heavy atom. The third-order valence-corrected chi connectivity index (χ3v) is 9.92. The Morgan fingerprint density at radius 2 is 1.69 bits per heavy atom. The van der Waals surface area contributed by atoms with Gasteiger partial charge in [-0.2, -0.15) is 4.31 Å². The molecule has 2 aliphatic rings. The lowest BCUT2D eigenvalue weighted by molar-refractivity contribution is -0.146. The molecule has 2 atom stereocenters. The summed E-state index contributed by atoms with van der Waals surface area (Å²) in [4.78, 5) is 40.4. The molecule has 11 nitrogen and oxygen atoms in total. The molecule has 0 aliphatic carbocycles. The quantitative estimate of drug-likeness (QED) is 0.241. The first-order valence-electron chi connectivity index (χ1n) is 14.0. The van der Waals surface area contributed by atoms with E-state index in [1.807, 2.05) is 13.8 Å². The molecule has 3 rings (SSSR count). The van der Waals surface area contributed by atoms with Crippen LogP contribution in [0.3, 0.4) is 0 Å². The van der Waals surface area contributed by atoms with Crippen LogP contribution in [0.5, 0.6) is 0 Å². The molecule has 3 N–H and O–H groups in total. The van der Waals surface area contributed by atoms with E-state index in [0.717, 1.165) is 23.7 Å². The van der Waals surface area contributed by atoms with E-state index in [-0.39, 0.29) is 52.7 Å². The van der Waals surface area contributed by atoms with Gasteiger partial charge in [0.2, 0.25) is 21.8 Å². The Kier molecular flexibility index (Phi) is 12.7. The van der Waals surface area contributed by atoms with Gasteiger partial charge in [-0.15, -0.1) is 0 Å². The fourth-order valence-corrected chi connectivity index (χ4v) is 7.83. The zero-order valence-corrected chi connectivity index (χ0v) is 27.2. The van der Waals surface area contributed by atoms with E-state index >= 15 is 0 Å². The molecule has 2 heterocycles. The third kappa shape index (κ3) is 9.40. The van der Waals surface area contributed by atoms with Crippen molar-refractivity contribution in [2.75, 3.05) is 33.3 Å². The summed E-state index contributed by atoms with van der Waals surface area (Å²) in [5.41, 5.74) is 0. The molecule has 0 radical (unpaired) electrons. The van der Waals surface area contributed by atoms with Gasteiger partial charge in [-0.3, -0.25) is 9.59 Å². The zero-order chi connectivity index (χ0) is 31.0. The van der Waals surface area contributed by atoms with E-state index in [4.69, 9.17) is 40.2 Å². The molecule has 15 heteroatoms. The summed E-state index contributed by atoms with van der Waals surface area (Å²) in [5.74, 6) is -1.08. The van der Waals surface area contributed by atoms with Gasteiger partial charge in [0.25, 0.3) is 0 Å². The van der Waals surface area contributed by atoms with Crippen LogP contribution in [0.15, 0.2) is 23.1 Å². The minimum absolute atomic E-state index is 0.0250. The monoisotopic (exact) mass is 663 g/mol. The first kappa shape index (κ1) is 34.3. The number of piperidine rings is 1. The van der Waals surface area contributed by atoms with E-state index < -0.39 is 34.0 Å². The molecular formula is C27H39Cl2N5O6S2. The summed E-state index contributed by atoms with van der Waals surface area (Å²) in [6, 6.07) is 2.08. The molecule has 2 saturated heterocycles. The number of hydrogen-bond acceptors (Lipinski definition) is 7. The van der Waals surface area contributed by atoms with Crippen LogP contribution in [0, 0.1) is 5.92 Å². The number of methoxy groups -OCH3 is 1. The van der Waals surface area contributed by atoms with Crippen LogP contribution in [-0.2, 0) is 29.1 Å². The number of halogens is 2. The van der Waals surface area contributed by atoms with Gasteiger partial charge >= 0.3 is 5.97 Å². The average molecular weight is 665 g/mol. The molecule has 2 aliphatic heterocycles. The molecule has 0 bridgehead atoms. The number of hydrogen-bond donors (Lipinski definition) is 3. The maximum atomic E-state index is 13.3. The number of ether oxygens (including phenoxy) is 1. The fourth-order valence-electron chi connectivity index (χ4n) is 5.12. The number of likely N-dealkylation sites (tertiary alicyclic amines) is 1. The molecule has 0 spiro atoms. The second-order valence-corrected chi connectivity index (χ2v) is 14.0. The molecule has 1 aromatic carbocycles. The first-order chi connectivity index (χ1) is 19.8. The summed E-state index contributed by atoms with van der Waals surface area (Å²) in [6.45, 7) is 6.07. The maximum absolute atomic E-state index is 13.3. The van der Waals surface area contributed by atoms with Crippen LogP contribution in [-0.4, -0.2) is 91.9 Å². The van der Waals surface area contributed by atoms with Gasteiger partial charge in [-0.25, -0.2) is 13.2 Å². The predicted molar refractivity (Wildman–Crippen MR) is 165 cm³/mol. The van der Waals surface area contributed by atoms with Crippen LogP contribution in [0.1, 0.15) is 52.4 Å². The van der Waals surface area contributed by atoms with E-state index in [0.29, 0.717) is 30.5 Å². The molecule has 234 valence electrons. The van der Waals surface area contributed by atoms with Gasteiger partial charge in [0.05, 0.1) is 12.0 Å². The second kappa shape index (κ2) is 15.5. The largest absolute Gasteiger partial charge is 0.467 e. The van der Waals surface area contributed by atoms with Crippen molar-refractivity contribution in [3.8, 4) is 0 Å². The normalized spacial score (nSPS) is 18.9. The molecule has 1 aromatic rings. The van der Waals surface area contributed by atoms with Crippen molar-refractivity contribution >= 4 is 68.3 Å². The van der Waals surface area contributed by atoms with Gasteiger partial charge < -0.3 is 25.6 Å². The third-order valence-electron chi connectivity index (χ3n) is 7.34. The summed E-state index contributed by atoms with van der Waals surface area (Å²) in [6.07, 6.45) is 2.43. The summed E-state index contributed by atoms with van der Waals surface area (Å²) in [5, 5.41) is 9.92. The maximum Gasteiger partial charge on any atom is 0.328 e. The Labute approximate surface area is 263 Å². The smallest absolute Gasteiger partial charge is 0.328 e. The first-order valence-corrected chi connectivity index (χ1v) is 16.6. The van der Waals surface area contributed by atoms with E-state index in [2.05, 4.69) is 16.0 Å². The Morgan fingerprint density at radius 3 is 2.29 bits per heavy atom. The van der Waals surface area contributed by atoms with Crippen LogP contribution in [0.4, 0.5) is 0 Å². The van der Waals surface area contributed by atoms with Crippen LogP contribution in [0.25, 0.3) is 0 Å². The highest BCUT2D eigenvalue weighted by molar-refractivity contribution is 7.89. The molecule has 2 amide bonds. The standard InChI is InChI=1S/C27H39Cl2N5O6S2/c1-17(2)31-27(41)30-16-18-8-11-33(12-9-18)24(35)7-6-22(26(37)40-3)32-25(36)23-5-4-10-34(23)42(38,39)21-14-19(28)13-20(29)15-21/h13-15,17-18,22-23H,4-12,16H2,1-3H3,(H,32,36)(H2,30,31,41)/t22-,23-/m0/s1. The number of nitrogens with zero attached hydrogens (tertiary/aromatic N) is 2. The van der Waals surface area contributed by atoms with Crippen molar-refractivity contribution < 1.29 is 27.5 Å². The summed E-state index contributed by atoms with van der Waals surface area (Å²) < 4.78 is 32.6. The topological polar surface area (TPSA) is 137 Å². The highest BCUT2D eigenvalue weighted by Gasteiger charge is 2.41. The van der Waals surface area contributed by atoms with Crippen LogP contribution >= 0.6 is 35.4 Å².